The lowest BCUT2D eigenvalue weighted by Crippen LogP contribution is -2.28. The Bertz CT molecular complexity index is 459. The minimum absolute atomic E-state index is 0.284. The molecule has 1 aliphatic rings. The van der Waals surface area contributed by atoms with Crippen molar-refractivity contribution in [3.8, 4) is 5.88 Å². The van der Waals surface area contributed by atoms with E-state index in [0.717, 1.165) is 37.8 Å². The molecule has 1 saturated heterocycles. The molecule has 5 heteroatoms. The van der Waals surface area contributed by atoms with Gasteiger partial charge in [-0.2, -0.15) is 5.10 Å². The van der Waals surface area contributed by atoms with Gasteiger partial charge in [-0.15, -0.1) is 0 Å². The number of hydrogen-bond donors (Lipinski definition) is 1. The number of nitrogens with two attached hydrogens (primary N) is 1. The molecule has 0 aromatic carbocycles. The summed E-state index contributed by atoms with van der Waals surface area (Å²) < 4.78 is 7.92. The predicted molar refractivity (Wildman–Crippen MR) is 85.4 cm³/mol. The van der Waals surface area contributed by atoms with Crippen LogP contribution in [-0.2, 0) is 13.1 Å². The summed E-state index contributed by atoms with van der Waals surface area (Å²) in [4.78, 5) is 2.42. The van der Waals surface area contributed by atoms with Crippen LogP contribution in [-0.4, -0.2) is 40.4 Å². The highest BCUT2D eigenvalue weighted by atomic mass is 16.5. The summed E-state index contributed by atoms with van der Waals surface area (Å²) in [5, 5.41) is 4.68. The van der Waals surface area contributed by atoms with Crippen molar-refractivity contribution in [3.63, 3.8) is 0 Å². The summed E-state index contributed by atoms with van der Waals surface area (Å²) in [6.45, 7) is 15.2. The molecule has 0 saturated carbocycles. The van der Waals surface area contributed by atoms with Crippen LogP contribution in [0.25, 0.3) is 0 Å². The van der Waals surface area contributed by atoms with Crippen molar-refractivity contribution in [2.75, 3.05) is 19.7 Å². The predicted octanol–water partition coefficient (Wildman–Crippen LogP) is 2.03. The summed E-state index contributed by atoms with van der Waals surface area (Å²) >= 11 is 0. The molecule has 1 aliphatic heterocycles. The molecule has 120 valence electrons. The second-order valence-corrected chi connectivity index (χ2v) is 6.71. The van der Waals surface area contributed by atoms with Crippen LogP contribution in [0, 0.1) is 18.8 Å². The Labute approximate surface area is 128 Å². The van der Waals surface area contributed by atoms with Crippen LogP contribution in [0.2, 0.25) is 0 Å². The van der Waals surface area contributed by atoms with Crippen LogP contribution in [0.5, 0.6) is 5.88 Å². The molecule has 2 rings (SSSR count). The first-order chi connectivity index (χ1) is 9.92. The molecule has 1 fully saturated rings. The highest BCUT2D eigenvalue weighted by Gasteiger charge is 2.28. The third-order valence-corrected chi connectivity index (χ3v) is 4.15. The van der Waals surface area contributed by atoms with E-state index in [-0.39, 0.29) is 6.04 Å². The van der Waals surface area contributed by atoms with Crippen molar-refractivity contribution >= 4 is 0 Å². The summed E-state index contributed by atoms with van der Waals surface area (Å²) in [5.74, 6) is 2.06. The minimum Gasteiger partial charge on any atom is -0.478 e. The quantitative estimate of drug-likeness (QED) is 0.872. The molecule has 0 aliphatic carbocycles. The van der Waals surface area contributed by atoms with Gasteiger partial charge in [0.2, 0.25) is 5.88 Å². The van der Waals surface area contributed by atoms with Crippen LogP contribution in [0.15, 0.2) is 0 Å². The summed E-state index contributed by atoms with van der Waals surface area (Å²) in [6, 6.07) is 0.284. The van der Waals surface area contributed by atoms with Gasteiger partial charge in [0, 0.05) is 32.2 Å². The second-order valence-electron chi connectivity index (χ2n) is 6.71. The van der Waals surface area contributed by atoms with Gasteiger partial charge in [0.05, 0.1) is 17.9 Å². The third kappa shape index (κ3) is 3.77. The normalized spacial score (nSPS) is 23.2. The average molecular weight is 294 g/mol. The first kappa shape index (κ1) is 16.3. The monoisotopic (exact) mass is 294 g/mol. The molecule has 1 aromatic heterocycles. The van der Waals surface area contributed by atoms with Gasteiger partial charge in [0.25, 0.3) is 0 Å². The number of nitrogens with zero attached hydrogens (tertiary/aromatic N) is 3. The minimum atomic E-state index is 0.284. The van der Waals surface area contributed by atoms with Crippen LogP contribution in [0.1, 0.15) is 39.0 Å². The fraction of sp³-hybridized carbons (Fsp3) is 0.812. The molecule has 2 unspecified atom stereocenters. The van der Waals surface area contributed by atoms with Crippen molar-refractivity contribution in [3.05, 3.63) is 11.3 Å². The molecule has 0 radical (unpaired) electrons. The molecule has 2 heterocycles. The van der Waals surface area contributed by atoms with Crippen LogP contribution in [0.3, 0.4) is 0 Å². The van der Waals surface area contributed by atoms with Crippen LogP contribution < -0.4 is 10.5 Å². The maximum Gasteiger partial charge on any atom is 0.216 e. The number of ether oxygens (including phenoxy) is 1. The second kappa shape index (κ2) is 6.79. The number of hydrogen-bond acceptors (Lipinski definition) is 4. The lowest BCUT2D eigenvalue weighted by molar-refractivity contribution is 0.274. The van der Waals surface area contributed by atoms with E-state index >= 15 is 0 Å². The van der Waals surface area contributed by atoms with Gasteiger partial charge >= 0.3 is 0 Å². The van der Waals surface area contributed by atoms with Gasteiger partial charge in [-0.3, -0.25) is 4.90 Å². The van der Waals surface area contributed by atoms with E-state index in [0.29, 0.717) is 18.4 Å². The van der Waals surface area contributed by atoms with Crippen molar-refractivity contribution in [2.45, 2.75) is 53.8 Å². The van der Waals surface area contributed by atoms with Crippen molar-refractivity contribution in [1.82, 2.24) is 14.7 Å². The zero-order chi connectivity index (χ0) is 15.6. The SMILES string of the molecule is CCOc1c(CN2CC(C)C(N)C2)c(C)nn1CC(C)C. The van der Waals surface area contributed by atoms with Gasteiger partial charge in [-0.05, 0) is 25.7 Å². The number of rotatable bonds is 6. The fourth-order valence-electron chi connectivity index (χ4n) is 3.00. The molecule has 2 atom stereocenters. The fourth-order valence-corrected chi connectivity index (χ4v) is 3.00. The van der Waals surface area contributed by atoms with Crippen LogP contribution >= 0.6 is 0 Å². The lowest BCUT2D eigenvalue weighted by Gasteiger charge is -2.17. The van der Waals surface area contributed by atoms with Gasteiger partial charge in [-0.25, -0.2) is 4.68 Å². The molecular weight excluding hydrogens is 264 g/mol. The highest BCUT2D eigenvalue weighted by molar-refractivity contribution is 5.31. The molecule has 1 aromatic rings. The van der Waals surface area contributed by atoms with Crippen molar-refractivity contribution < 1.29 is 4.74 Å². The average Bonchev–Trinajstić information content (AvgIpc) is 2.84. The number of likely N-dealkylation sites (tertiary alicyclic amines) is 1. The molecule has 2 N–H and O–H groups in total. The molecule has 0 amide bonds. The van der Waals surface area contributed by atoms with E-state index in [1.807, 2.05) is 11.6 Å². The Morgan fingerprint density at radius 2 is 2.10 bits per heavy atom. The third-order valence-electron chi connectivity index (χ3n) is 4.15. The Hall–Kier alpha value is -1.07. The molecule has 0 spiro atoms. The zero-order valence-electron chi connectivity index (χ0n) is 14.1. The van der Waals surface area contributed by atoms with E-state index in [1.165, 1.54) is 5.56 Å². The van der Waals surface area contributed by atoms with Gasteiger partial charge < -0.3 is 10.5 Å². The molecular formula is C16H30N4O. The molecule has 21 heavy (non-hydrogen) atoms. The van der Waals surface area contributed by atoms with Crippen LogP contribution in [0.4, 0.5) is 0 Å². The largest absolute Gasteiger partial charge is 0.478 e. The smallest absolute Gasteiger partial charge is 0.216 e. The number of aromatic nitrogens is 2. The van der Waals surface area contributed by atoms with E-state index in [4.69, 9.17) is 10.5 Å². The van der Waals surface area contributed by atoms with E-state index in [2.05, 4.69) is 37.7 Å². The van der Waals surface area contributed by atoms with Gasteiger partial charge in [0.1, 0.15) is 0 Å². The first-order valence-corrected chi connectivity index (χ1v) is 8.09. The molecule has 0 bridgehead atoms. The number of aryl methyl sites for hydroxylation is 1. The Morgan fingerprint density at radius 3 is 2.62 bits per heavy atom. The first-order valence-electron chi connectivity index (χ1n) is 8.09. The maximum atomic E-state index is 6.13. The highest BCUT2D eigenvalue weighted by Crippen LogP contribution is 2.27. The van der Waals surface area contributed by atoms with Gasteiger partial charge in [0.15, 0.2) is 0 Å². The standard InChI is InChI=1S/C16H30N4O/c1-6-21-16-14(9-19-8-12(4)15(17)10-19)13(5)18-20(16)7-11(2)3/h11-12,15H,6-10,17H2,1-5H3. The Morgan fingerprint density at radius 1 is 1.38 bits per heavy atom. The van der Waals surface area contributed by atoms with E-state index in [1.54, 1.807) is 0 Å². The Kier molecular flexibility index (Phi) is 5.27. The summed E-state index contributed by atoms with van der Waals surface area (Å²) in [7, 11) is 0. The topological polar surface area (TPSA) is 56.3 Å². The van der Waals surface area contributed by atoms with Crippen molar-refractivity contribution in [2.24, 2.45) is 17.6 Å². The Balaban J connectivity index is 2.19. The maximum absolute atomic E-state index is 6.13. The van der Waals surface area contributed by atoms with E-state index in [9.17, 15) is 0 Å². The van der Waals surface area contributed by atoms with E-state index < -0.39 is 0 Å². The van der Waals surface area contributed by atoms with Gasteiger partial charge in [-0.1, -0.05) is 20.8 Å². The zero-order valence-corrected chi connectivity index (χ0v) is 14.1. The summed E-state index contributed by atoms with van der Waals surface area (Å²) in [6.07, 6.45) is 0. The van der Waals surface area contributed by atoms with Crippen molar-refractivity contribution in [1.29, 1.82) is 0 Å². The molecule has 5 nitrogen and oxygen atoms in total. The lowest BCUT2D eigenvalue weighted by atomic mass is 10.1. The summed E-state index contributed by atoms with van der Waals surface area (Å²) in [5.41, 5.74) is 8.43.